The zero-order valence-electron chi connectivity index (χ0n) is 10.6. The summed E-state index contributed by atoms with van der Waals surface area (Å²) in [6, 6.07) is 4.12. The summed E-state index contributed by atoms with van der Waals surface area (Å²) < 4.78 is 26.1. The Balaban J connectivity index is 2.02. The highest BCUT2D eigenvalue weighted by molar-refractivity contribution is 5.22. The van der Waals surface area contributed by atoms with Crippen LogP contribution in [0.1, 0.15) is 30.7 Å². The summed E-state index contributed by atoms with van der Waals surface area (Å²) in [6.07, 6.45) is 1.34. The summed E-state index contributed by atoms with van der Waals surface area (Å²) in [6.45, 7) is 0.514. The summed E-state index contributed by atoms with van der Waals surface area (Å²) in [5.74, 6) is -1.49. The average molecular weight is 271 g/mol. The van der Waals surface area contributed by atoms with E-state index in [9.17, 15) is 13.9 Å². The SMILES string of the molecule is OC[C@@H](O)C[C@@H]1C[C@@H](c2ccc(F)c(F)c2)CCN1. The van der Waals surface area contributed by atoms with E-state index in [1.165, 1.54) is 6.07 Å². The number of benzene rings is 1. The molecular weight excluding hydrogens is 252 g/mol. The van der Waals surface area contributed by atoms with Crippen LogP contribution in [-0.4, -0.2) is 35.5 Å². The first kappa shape index (κ1) is 14.4. The molecule has 0 spiro atoms. The molecule has 0 bridgehead atoms. The van der Waals surface area contributed by atoms with Crippen LogP contribution in [-0.2, 0) is 0 Å². The third kappa shape index (κ3) is 3.72. The van der Waals surface area contributed by atoms with Gasteiger partial charge in [0.25, 0.3) is 0 Å². The highest BCUT2D eigenvalue weighted by Crippen LogP contribution is 2.29. The topological polar surface area (TPSA) is 52.5 Å². The zero-order valence-corrected chi connectivity index (χ0v) is 10.6. The largest absolute Gasteiger partial charge is 0.394 e. The van der Waals surface area contributed by atoms with E-state index in [-0.39, 0.29) is 18.6 Å². The Morgan fingerprint density at radius 3 is 2.79 bits per heavy atom. The van der Waals surface area contributed by atoms with Crippen LogP contribution in [0.25, 0.3) is 0 Å². The van der Waals surface area contributed by atoms with Crippen molar-refractivity contribution in [3.63, 3.8) is 0 Å². The molecule has 19 heavy (non-hydrogen) atoms. The maximum Gasteiger partial charge on any atom is 0.159 e. The Bertz CT molecular complexity index is 428. The molecule has 1 aliphatic heterocycles. The second-order valence-electron chi connectivity index (χ2n) is 5.12. The second-order valence-corrected chi connectivity index (χ2v) is 5.12. The predicted molar refractivity (Wildman–Crippen MR) is 67.8 cm³/mol. The van der Waals surface area contributed by atoms with E-state index in [0.717, 1.165) is 31.0 Å². The molecule has 106 valence electrons. The van der Waals surface area contributed by atoms with E-state index < -0.39 is 17.7 Å². The number of hydrogen-bond acceptors (Lipinski definition) is 3. The lowest BCUT2D eigenvalue weighted by atomic mass is 9.84. The van der Waals surface area contributed by atoms with Gasteiger partial charge in [0, 0.05) is 6.04 Å². The minimum atomic E-state index is -0.829. The summed E-state index contributed by atoms with van der Waals surface area (Å²) in [5, 5.41) is 21.6. The van der Waals surface area contributed by atoms with Gasteiger partial charge in [0.15, 0.2) is 11.6 Å². The lowest BCUT2D eigenvalue weighted by Crippen LogP contribution is -2.40. The first-order valence-corrected chi connectivity index (χ1v) is 6.57. The van der Waals surface area contributed by atoms with Gasteiger partial charge in [0.1, 0.15) is 0 Å². The molecule has 0 unspecified atom stereocenters. The minimum Gasteiger partial charge on any atom is -0.394 e. The molecule has 1 fully saturated rings. The Morgan fingerprint density at radius 1 is 1.32 bits per heavy atom. The minimum absolute atomic E-state index is 0.0917. The van der Waals surface area contributed by atoms with Crippen LogP contribution in [0.15, 0.2) is 18.2 Å². The van der Waals surface area contributed by atoms with Crippen LogP contribution in [0.4, 0.5) is 8.78 Å². The van der Waals surface area contributed by atoms with E-state index in [0.29, 0.717) is 6.42 Å². The monoisotopic (exact) mass is 271 g/mol. The van der Waals surface area contributed by atoms with Crippen molar-refractivity contribution in [1.82, 2.24) is 5.32 Å². The number of nitrogens with one attached hydrogen (secondary N) is 1. The summed E-state index contributed by atoms with van der Waals surface area (Å²) in [5.41, 5.74) is 0.795. The number of hydrogen-bond donors (Lipinski definition) is 3. The molecule has 3 N–H and O–H groups in total. The molecule has 0 aromatic heterocycles. The molecule has 1 aromatic carbocycles. The maximum absolute atomic E-state index is 13.2. The summed E-state index contributed by atoms with van der Waals surface area (Å²) in [7, 11) is 0. The van der Waals surface area contributed by atoms with Crippen LogP contribution in [0.3, 0.4) is 0 Å². The predicted octanol–water partition coefficient (Wildman–Crippen LogP) is 1.54. The van der Waals surface area contributed by atoms with E-state index in [1.807, 2.05) is 0 Å². The highest BCUT2D eigenvalue weighted by Gasteiger charge is 2.25. The normalized spacial score (nSPS) is 25.3. The van der Waals surface area contributed by atoms with Crippen molar-refractivity contribution in [3.05, 3.63) is 35.4 Å². The Labute approximate surface area is 111 Å². The molecule has 1 heterocycles. The van der Waals surface area contributed by atoms with Crippen molar-refractivity contribution in [2.75, 3.05) is 13.2 Å². The first-order valence-electron chi connectivity index (χ1n) is 6.57. The molecule has 5 heteroatoms. The molecule has 0 aliphatic carbocycles. The standard InChI is InChI=1S/C14H19F2NO2/c15-13-2-1-9(6-14(13)16)10-3-4-17-11(5-10)7-12(19)8-18/h1-2,6,10-12,17-19H,3-5,7-8H2/t10-,11-,12-/m0/s1. The molecule has 0 saturated carbocycles. The molecule has 1 aromatic rings. The number of aliphatic hydroxyl groups excluding tert-OH is 2. The number of rotatable bonds is 4. The zero-order chi connectivity index (χ0) is 13.8. The molecule has 0 amide bonds. The number of halogens is 2. The van der Waals surface area contributed by atoms with Gasteiger partial charge >= 0.3 is 0 Å². The Hall–Kier alpha value is -1.04. The Morgan fingerprint density at radius 2 is 2.11 bits per heavy atom. The van der Waals surface area contributed by atoms with Crippen molar-refractivity contribution >= 4 is 0 Å². The van der Waals surface area contributed by atoms with Crippen molar-refractivity contribution in [1.29, 1.82) is 0 Å². The van der Waals surface area contributed by atoms with Crippen LogP contribution >= 0.6 is 0 Å². The summed E-state index contributed by atoms with van der Waals surface area (Å²) >= 11 is 0. The fourth-order valence-corrected chi connectivity index (χ4v) is 2.66. The lowest BCUT2D eigenvalue weighted by Gasteiger charge is -2.31. The highest BCUT2D eigenvalue weighted by atomic mass is 19.2. The molecule has 0 radical (unpaired) electrons. The molecular formula is C14H19F2NO2. The third-order valence-corrected chi connectivity index (χ3v) is 3.68. The number of piperidine rings is 1. The van der Waals surface area contributed by atoms with Crippen LogP contribution in [0, 0.1) is 11.6 Å². The molecule has 1 aliphatic rings. The van der Waals surface area contributed by atoms with Crippen LogP contribution in [0.2, 0.25) is 0 Å². The van der Waals surface area contributed by atoms with Crippen molar-refractivity contribution in [3.8, 4) is 0 Å². The van der Waals surface area contributed by atoms with Gasteiger partial charge in [-0.05, 0) is 49.4 Å². The second kappa shape index (κ2) is 6.41. The summed E-state index contributed by atoms with van der Waals surface area (Å²) in [4.78, 5) is 0. The van der Waals surface area contributed by atoms with E-state index in [4.69, 9.17) is 5.11 Å². The van der Waals surface area contributed by atoms with Gasteiger partial charge in [-0.25, -0.2) is 8.78 Å². The quantitative estimate of drug-likeness (QED) is 0.778. The van der Waals surface area contributed by atoms with Crippen LogP contribution in [0.5, 0.6) is 0 Å². The van der Waals surface area contributed by atoms with Crippen molar-refractivity contribution < 1.29 is 19.0 Å². The molecule has 1 saturated heterocycles. The molecule has 3 atom stereocenters. The van der Waals surface area contributed by atoms with E-state index in [2.05, 4.69) is 5.32 Å². The van der Waals surface area contributed by atoms with Gasteiger partial charge in [-0.2, -0.15) is 0 Å². The fraction of sp³-hybridized carbons (Fsp3) is 0.571. The molecule has 3 nitrogen and oxygen atoms in total. The van der Waals surface area contributed by atoms with E-state index in [1.54, 1.807) is 6.07 Å². The smallest absolute Gasteiger partial charge is 0.159 e. The fourth-order valence-electron chi connectivity index (χ4n) is 2.66. The average Bonchev–Trinajstić information content (AvgIpc) is 2.42. The first-order chi connectivity index (χ1) is 9.10. The van der Waals surface area contributed by atoms with Gasteiger partial charge in [-0.3, -0.25) is 0 Å². The van der Waals surface area contributed by atoms with Crippen molar-refractivity contribution in [2.24, 2.45) is 0 Å². The van der Waals surface area contributed by atoms with Gasteiger partial charge < -0.3 is 15.5 Å². The van der Waals surface area contributed by atoms with Gasteiger partial charge in [0.2, 0.25) is 0 Å². The van der Waals surface area contributed by atoms with Crippen LogP contribution < -0.4 is 5.32 Å². The number of aliphatic hydroxyl groups is 2. The van der Waals surface area contributed by atoms with E-state index >= 15 is 0 Å². The van der Waals surface area contributed by atoms with Gasteiger partial charge in [0.05, 0.1) is 12.7 Å². The maximum atomic E-state index is 13.2. The lowest BCUT2D eigenvalue weighted by molar-refractivity contribution is 0.0749. The van der Waals surface area contributed by atoms with Gasteiger partial charge in [-0.1, -0.05) is 6.07 Å². The molecule has 2 rings (SSSR count). The van der Waals surface area contributed by atoms with Gasteiger partial charge in [-0.15, -0.1) is 0 Å². The van der Waals surface area contributed by atoms with Crippen molar-refractivity contribution in [2.45, 2.75) is 37.3 Å². The Kier molecular flexibility index (Phi) is 4.85. The third-order valence-electron chi connectivity index (χ3n) is 3.68.